The van der Waals surface area contributed by atoms with Gasteiger partial charge in [-0.3, -0.25) is 0 Å². The molecule has 0 aromatic carbocycles. The predicted molar refractivity (Wildman–Crippen MR) is 63.1 cm³/mol. The van der Waals surface area contributed by atoms with E-state index in [2.05, 4.69) is 9.97 Å². The van der Waals surface area contributed by atoms with Gasteiger partial charge in [-0.1, -0.05) is 13.8 Å². The molecule has 1 unspecified atom stereocenters. The Kier molecular flexibility index (Phi) is 2.87. The molecule has 2 rings (SSSR count). The van der Waals surface area contributed by atoms with Crippen LogP contribution in [-0.2, 0) is 0 Å². The second-order valence-electron chi connectivity index (χ2n) is 3.68. The topological polar surface area (TPSA) is 63.1 Å². The van der Waals surface area contributed by atoms with Crippen LogP contribution in [0.15, 0.2) is 11.4 Å². The molecule has 2 aromatic heterocycles. The first kappa shape index (κ1) is 11.0. The standard InChI is InChI=1S/C11H12N2O2S/c1-3-6(2)9-12-8(11(14)15)7-4-5-16-10(7)13-9/h4-6H,3H2,1-2H3,(H,14,15). The van der Waals surface area contributed by atoms with E-state index in [0.717, 1.165) is 11.3 Å². The van der Waals surface area contributed by atoms with E-state index >= 15 is 0 Å². The molecule has 1 N–H and O–H groups in total. The molecule has 0 aliphatic heterocycles. The fraction of sp³-hybridized carbons (Fsp3) is 0.364. The number of thiophene rings is 1. The van der Waals surface area contributed by atoms with Gasteiger partial charge in [-0.15, -0.1) is 11.3 Å². The molecule has 0 saturated carbocycles. The largest absolute Gasteiger partial charge is 0.476 e. The summed E-state index contributed by atoms with van der Waals surface area (Å²) in [5.41, 5.74) is 0.113. The van der Waals surface area contributed by atoms with Gasteiger partial charge in [0.15, 0.2) is 5.69 Å². The minimum absolute atomic E-state index is 0.113. The Bertz CT molecular complexity index is 536. The molecule has 5 heteroatoms. The highest BCUT2D eigenvalue weighted by Crippen LogP contribution is 2.24. The Morgan fingerprint density at radius 1 is 1.56 bits per heavy atom. The lowest BCUT2D eigenvalue weighted by Crippen LogP contribution is -2.07. The zero-order valence-electron chi connectivity index (χ0n) is 9.10. The van der Waals surface area contributed by atoms with E-state index in [9.17, 15) is 4.79 Å². The smallest absolute Gasteiger partial charge is 0.355 e. The molecule has 0 amide bonds. The number of carboxylic acid groups (broad SMARTS) is 1. The van der Waals surface area contributed by atoms with Crippen LogP contribution in [0.4, 0.5) is 0 Å². The van der Waals surface area contributed by atoms with Crippen LogP contribution < -0.4 is 0 Å². The first-order valence-corrected chi connectivity index (χ1v) is 6.00. The highest BCUT2D eigenvalue weighted by atomic mass is 32.1. The molecular weight excluding hydrogens is 224 g/mol. The summed E-state index contributed by atoms with van der Waals surface area (Å²) >= 11 is 1.45. The number of fused-ring (bicyclic) bond motifs is 1. The summed E-state index contributed by atoms with van der Waals surface area (Å²) in [5.74, 6) is -0.185. The maximum absolute atomic E-state index is 11.1. The van der Waals surface area contributed by atoms with E-state index in [-0.39, 0.29) is 11.6 Å². The van der Waals surface area contributed by atoms with E-state index in [1.165, 1.54) is 11.3 Å². The zero-order valence-corrected chi connectivity index (χ0v) is 9.91. The van der Waals surface area contributed by atoms with Crippen molar-refractivity contribution in [1.29, 1.82) is 0 Å². The number of hydrogen-bond acceptors (Lipinski definition) is 4. The minimum Gasteiger partial charge on any atom is -0.476 e. The molecule has 0 bridgehead atoms. The first-order chi connectivity index (χ1) is 7.63. The molecule has 0 fully saturated rings. The Morgan fingerprint density at radius 3 is 2.94 bits per heavy atom. The van der Waals surface area contributed by atoms with Gasteiger partial charge in [0, 0.05) is 11.3 Å². The molecule has 2 heterocycles. The quantitative estimate of drug-likeness (QED) is 0.890. The van der Waals surface area contributed by atoms with Crippen molar-refractivity contribution in [3.8, 4) is 0 Å². The Labute approximate surface area is 97.0 Å². The third-order valence-electron chi connectivity index (χ3n) is 2.60. The Hall–Kier alpha value is -1.49. The van der Waals surface area contributed by atoms with Crippen LogP contribution in [0.5, 0.6) is 0 Å². The van der Waals surface area contributed by atoms with Gasteiger partial charge in [0.2, 0.25) is 0 Å². The molecule has 0 saturated heterocycles. The van der Waals surface area contributed by atoms with Gasteiger partial charge in [-0.25, -0.2) is 14.8 Å². The molecule has 84 valence electrons. The van der Waals surface area contributed by atoms with Crippen molar-refractivity contribution < 1.29 is 9.90 Å². The molecule has 0 spiro atoms. The lowest BCUT2D eigenvalue weighted by molar-refractivity contribution is 0.0692. The van der Waals surface area contributed by atoms with Crippen molar-refractivity contribution in [2.45, 2.75) is 26.2 Å². The fourth-order valence-corrected chi connectivity index (χ4v) is 2.21. The maximum atomic E-state index is 11.1. The number of aromatic nitrogens is 2. The number of aromatic carboxylic acids is 1. The summed E-state index contributed by atoms with van der Waals surface area (Å²) in [6, 6.07) is 1.75. The monoisotopic (exact) mass is 236 g/mol. The van der Waals surface area contributed by atoms with E-state index < -0.39 is 5.97 Å². The molecule has 2 aromatic rings. The van der Waals surface area contributed by atoms with Crippen LogP contribution in [0.2, 0.25) is 0 Å². The SMILES string of the molecule is CCC(C)c1nc(C(=O)O)c2ccsc2n1. The van der Waals surface area contributed by atoms with Crippen molar-refractivity contribution >= 4 is 27.5 Å². The van der Waals surface area contributed by atoms with Crippen molar-refractivity contribution in [1.82, 2.24) is 9.97 Å². The highest BCUT2D eigenvalue weighted by Gasteiger charge is 2.16. The lowest BCUT2D eigenvalue weighted by Gasteiger charge is -2.07. The minimum atomic E-state index is -0.990. The van der Waals surface area contributed by atoms with Crippen molar-refractivity contribution in [3.63, 3.8) is 0 Å². The number of carbonyl (C=O) groups is 1. The Balaban J connectivity index is 2.66. The fourth-order valence-electron chi connectivity index (χ4n) is 1.44. The molecule has 4 nitrogen and oxygen atoms in total. The average molecular weight is 236 g/mol. The lowest BCUT2D eigenvalue weighted by atomic mass is 10.1. The number of rotatable bonds is 3. The molecular formula is C11H12N2O2S. The predicted octanol–water partition coefficient (Wildman–Crippen LogP) is 2.90. The van der Waals surface area contributed by atoms with Crippen LogP contribution in [-0.4, -0.2) is 21.0 Å². The number of hydrogen-bond donors (Lipinski definition) is 1. The van der Waals surface area contributed by atoms with E-state index in [1.807, 2.05) is 19.2 Å². The van der Waals surface area contributed by atoms with Crippen LogP contribution in [0.3, 0.4) is 0 Å². The van der Waals surface area contributed by atoms with E-state index in [4.69, 9.17) is 5.11 Å². The van der Waals surface area contributed by atoms with Gasteiger partial charge in [0.1, 0.15) is 10.7 Å². The van der Waals surface area contributed by atoms with Crippen LogP contribution >= 0.6 is 11.3 Å². The van der Waals surface area contributed by atoms with Gasteiger partial charge >= 0.3 is 5.97 Å². The summed E-state index contributed by atoms with van der Waals surface area (Å²) in [4.78, 5) is 20.4. The van der Waals surface area contributed by atoms with E-state index in [0.29, 0.717) is 11.2 Å². The normalized spacial score (nSPS) is 12.9. The van der Waals surface area contributed by atoms with Crippen molar-refractivity contribution in [2.24, 2.45) is 0 Å². The highest BCUT2D eigenvalue weighted by molar-refractivity contribution is 7.16. The molecule has 0 aliphatic rings. The summed E-state index contributed by atoms with van der Waals surface area (Å²) in [5, 5.41) is 11.6. The third-order valence-corrected chi connectivity index (χ3v) is 3.40. The van der Waals surface area contributed by atoms with Crippen LogP contribution in [0.25, 0.3) is 10.2 Å². The van der Waals surface area contributed by atoms with Gasteiger partial charge in [-0.05, 0) is 17.9 Å². The number of nitrogens with zero attached hydrogens (tertiary/aromatic N) is 2. The first-order valence-electron chi connectivity index (χ1n) is 5.12. The summed E-state index contributed by atoms with van der Waals surface area (Å²) < 4.78 is 0. The van der Waals surface area contributed by atoms with Crippen LogP contribution in [0, 0.1) is 0 Å². The van der Waals surface area contributed by atoms with Crippen molar-refractivity contribution in [3.05, 3.63) is 23.0 Å². The van der Waals surface area contributed by atoms with Gasteiger partial charge in [0.05, 0.1) is 0 Å². The second kappa shape index (κ2) is 4.17. The van der Waals surface area contributed by atoms with Crippen LogP contribution in [0.1, 0.15) is 42.5 Å². The summed E-state index contributed by atoms with van der Waals surface area (Å²) in [6.45, 7) is 4.04. The van der Waals surface area contributed by atoms with Gasteiger partial charge < -0.3 is 5.11 Å². The zero-order chi connectivity index (χ0) is 11.7. The second-order valence-corrected chi connectivity index (χ2v) is 4.58. The summed E-state index contributed by atoms with van der Waals surface area (Å²) in [6.07, 6.45) is 0.899. The third kappa shape index (κ3) is 1.78. The van der Waals surface area contributed by atoms with Gasteiger partial charge in [0.25, 0.3) is 0 Å². The maximum Gasteiger partial charge on any atom is 0.355 e. The van der Waals surface area contributed by atoms with E-state index in [1.54, 1.807) is 6.07 Å². The molecule has 0 aliphatic carbocycles. The molecule has 1 atom stereocenters. The summed E-state index contributed by atoms with van der Waals surface area (Å²) in [7, 11) is 0. The molecule has 16 heavy (non-hydrogen) atoms. The molecule has 0 radical (unpaired) electrons. The number of carboxylic acids is 1. The average Bonchev–Trinajstić information content (AvgIpc) is 2.74. The Morgan fingerprint density at radius 2 is 2.31 bits per heavy atom. The van der Waals surface area contributed by atoms with Crippen molar-refractivity contribution in [2.75, 3.05) is 0 Å². The van der Waals surface area contributed by atoms with Gasteiger partial charge in [-0.2, -0.15) is 0 Å².